The average molecular weight is 262 g/mol. The van der Waals surface area contributed by atoms with Gasteiger partial charge < -0.3 is 9.84 Å². The minimum absolute atomic E-state index is 0.206. The van der Waals surface area contributed by atoms with Gasteiger partial charge in [-0.25, -0.2) is 8.78 Å². The molecule has 0 saturated heterocycles. The molecule has 4 heteroatoms. The van der Waals surface area contributed by atoms with Gasteiger partial charge in [-0.3, -0.25) is 0 Å². The van der Waals surface area contributed by atoms with Crippen LogP contribution in [0.1, 0.15) is 29.8 Å². The third-order valence-corrected chi connectivity index (χ3v) is 3.29. The summed E-state index contributed by atoms with van der Waals surface area (Å²) in [5.74, 6) is -0.399. The van der Waals surface area contributed by atoms with Crippen molar-refractivity contribution in [3.05, 3.63) is 65.2 Å². The van der Waals surface area contributed by atoms with Gasteiger partial charge in [0, 0.05) is 17.5 Å². The molecule has 2 aromatic rings. The van der Waals surface area contributed by atoms with Crippen LogP contribution in [0.4, 0.5) is 8.78 Å². The number of ether oxygens (including phenoxy) is 1. The maximum atomic E-state index is 13.7. The minimum atomic E-state index is -0.857. The van der Waals surface area contributed by atoms with E-state index in [1.165, 1.54) is 24.3 Å². The zero-order valence-electron chi connectivity index (χ0n) is 10.0. The molecule has 3 rings (SSSR count). The first-order chi connectivity index (χ1) is 9.15. The average Bonchev–Trinajstić information content (AvgIpc) is 2.40. The molecule has 2 aromatic carbocycles. The van der Waals surface area contributed by atoms with Crippen molar-refractivity contribution in [3.63, 3.8) is 0 Å². The van der Waals surface area contributed by atoms with E-state index in [2.05, 4.69) is 0 Å². The lowest BCUT2D eigenvalue weighted by Gasteiger charge is -2.30. The number of rotatable bonds is 1. The lowest BCUT2D eigenvalue weighted by atomic mass is 9.95. The maximum Gasteiger partial charge on any atom is 0.130 e. The molecule has 0 fully saturated rings. The van der Waals surface area contributed by atoms with Crippen LogP contribution in [-0.4, -0.2) is 5.11 Å². The van der Waals surface area contributed by atoms with E-state index < -0.39 is 18.0 Å². The van der Waals surface area contributed by atoms with Crippen molar-refractivity contribution >= 4 is 0 Å². The smallest absolute Gasteiger partial charge is 0.130 e. The summed E-state index contributed by atoms with van der Waals surface area (Å²) in [6.45, 7) is 0. The van der Waals surface area contributed by atoms with Gasteiger partial charge in [-0.15, -0.1) is 0 Å². The monoisotopic (exact) mass is 262 g/mol. The quantitative estimate of drug-likeness (QED) is 0.852. The van der Waals surface area contributed by atoms with Crippen molar-refractivity contribution in [2.75, 3.05) is 0 Å². The van der Waals surface area contributed by atoms with E-state index in [1.54, 1.807) is 18.2 Å². The fraction of sp³-hybridized carbons (Fsp3) is 0.200. The van der Waals surface area contributed by atoms with Gasteiger partial charge in [0.2, 0.25) is 0 Å². The minimum Gasteiger partial charge on any atom is -0.485 e. The SMILES string of the molecule is OC1CC(c2ccccc2F)Oc2ccc(F)cc21. The molecule has 1 N–H and O–H groups in total. The number of halogens is 2. The Morgan fingerprint density at radius 2 is 1.84 bits per heavy atom. The van der Waals surface area contributed by atoms with Gasteiger partial charge in [0.15, 0.2) is 0 Å². The molecular weight excluding hydrogens is 250 g/mol. The van der Waals surface area contributed by atoms with Crippen LogP contribution >= 0.6 is 0 Å². The van der Waals surface area contributed by atoms with E-state index in [0.29, 0.717) is 16.9 Å². The van der Waals surface area contributed by atoms with Crippen LogP contribution in [-0.2, 0) is 0 Å². The van der Waals surface area contributed by atoms with Crippen LogP contribution in [0.15, 0.2) is 42.5 Å². The summed E-state index contributed by atoms with van der Waals surface area (Å²) in [5.41, 5.74) is 0.809. The lowest BCUT2D eigenvalue weighted by molar-refractivity contribution is 0.0636. The molecule has 19 heavy (non-hydrogen) atoms. The first-order valence-corrected chi connectivity index (χ1v) is 6.04. The van der Waals surface area contributed by atoms with E-state index in [-0.39, 0.29) is 12.2 Å². The summed E-state index contributed by atoms with van der Waals surface area (Å²) in [6.07, 6.45) is -1.21. The van der Waals surface area contributed by atoms with Crippen molar-refractivity contribution < 1.29 is 18.6 Å². The number of aliphatic hydroxyl groups excluding tert-OH is 1. The van der Waals surface area contributed by atoms with Crippen LogP contribution in [0.2, 0.25) is 0 Å². The second kappa shape index (κ2) is 4.63. The molecule has 0 amide bonds. The Morgan fingerprint density at radius 3 is 2.63 bits per heavy atom. The Balaban J connectivity index is 1.97. The zero-order valence-corrected chi connectivity index (χ0v) is 10.0. The Labute approximate surface area is 109 Å². The van der Waals surface area contributed by atoms with E-state index in [4.69, 9.17) is 4.74 Å². The molecular formula is C15H12F2O2. The summed E-state index contributed by atoms with van der Waals surface area (Å²) < 4.78 is 32.5. The molecule has 2 unspecified atom stereocenters. The van der Waals surface area contributed by atoms with Gasteiger partial charge in [0.05, 0.1) is 6.10 Å². The van der Waals surface area contributed by atoms with Crippen molar-refractivity contribution in [3.8, 4) is 5.75 Å². The van der Waals surface area contributed by atoms with Crippen molar-refractivity contribution in [1.82, 2.24) is 0 Å². The summed E-state index contributed by atoms with van der Waals surface area (Å²) in [7, 11) is 0. The third-order valence-electron chi connectivity index (χ3n) is 3.29. The molecule has 0 aromatic heterocycles. The summed E-state index contributed by atoms with van der Waals surface area (Å²) in [5, 5.41) is 10.0. The van der Waals surface area contributed by atoms with Crippen molar-refractivity contribution in [2.24, 2.45) is 0 Å². The van der Waals surface area contributed by atoms with E-state index in [0.717, 1.165) is 0 Å². The maximum absolute atomic E-state index is 13.7. The highest BCUT2D eigenvalue weighted by atomic mass is 19.1. The molecule has 0 bridgehead atoms. The number of fused-ring (bicyclic) bond motifs is 1. The van der Waals surface area contributed by atoms with Crippen LogP contribution in [0.5, 0.6) is 5.75 Å². The Morgan fingerprint density at radius 1 is 1.05 bits per heavy atom. The van der Waals surface area contributed by atoms with E-state index in [9.17, 15) is 13.9 Å². The molecule has 1 heterocycles. The molecule has 0 radical (unpaired) electrons. The Hall–Kier alpha value is -1.94. The predicted molar refractivity (Wildman–Crippen MR) is 65.7 cm³/mol. The number of aliphatic hydroxyl groups is 1. The van der Waals surface area contributed by atoms with E-state index in [1.807, 2.05) is 0 Å². The van der Waals surface area contributed by atoms with Crippen molar-refractivity contribution in [1.29, 1.82) is 0 Å². The summed E-state index contributed by atoms with van der Waals surface area (Å²) >= 11 is 0. The molecule has 2 atom stereocenters. The number of hydrogen-bond donors (Lipinski definition) is 1. The highest BCUT2D eigenvalue weighted by Gasteiger charge is 2.29. The van der Waals surface area contributed by atoms with Crippen molar-refractivity contribution in [2.45, 2.75) is 18.6 Å². The van der Waals surface area contributed by atoms with Crippen LogP contribution in [0, 0.1) is 11.6 Å². The highest BCUT2D eigenvalue weighted by molar-refractivity contribution is 5.39. The molecule has 0 saturated carbocycles. The molecule has 0 spiro atoms. The fourth-order valence-electron chi connectivity index (χ4n) is 2.34. The standard InChI is InChI=1S/C15H12F2O2/c16-9-5-6-14-11(7-9)13(18)8-15(19-14)10-3-1-2-4-12(10)17/h1-7,13,15,18H,8H2. The molecule has 1 aliphatic heterocycles. The van der Waals surface area contributed by atoms with Crippen LogP contribution < -0.4 is 4.74 Å². The molecule has 98 valence electrons. The fourth-order valence-corrected chi connectivity index (χ4v) is 2.34. The largest absolute Gasteiger partial charge is 0.485 e. The van der Waals surface area contributed by atoms with Crippen LogP contribution in [0.25, 0.3) is 0 Å². The summed E-state index contributed by atoms with van der Waals surface area (Å²) in [6, 6.07) is 10.3. The van der Waals surface area contributed by atoms with Gasteiger partial charge in [-0.05, 0) is 24.3 Å². The number of hydrogen-bond acceptors (Lipinski definition) is 2. The van der Waals surface area contributed by atoms with Gasteiger partial charge in [0.25, 0.3) is 0 Å². The van der Waals surface area contributed by atoms with Crippen LogP contribution in [0.3, 0.4) is 0 Å². The summed E-state index contributed by atoms with van der Waals surface area (Å²) in [4.78, 5) is 0. The first-order valence-electron chi connectivity index (χ1n) is 6.04. The molecule has 0 aliphatic carbocycles. The zero-order chi connectivity index (χ0) is 13.4. The molecule has 2 nitrogen and oxygen atoms in total. The molecule has 1 aliphatic rings. The number of benzene rings is 2. The predicted octanol–water partition coefficient (Wildman–Crippen LogP) is 3.52. The Kier molecular flexibility index (Phi) is 2.95. The van der Waals surface area contributed by atoms with Gasteiger partial charge in [-0.1, -0.05) is 18.2 Å². The highest BCUT2D eigenvalue weighted by Crippen LogP contribution is 2.41. The van der Waals surface area contributed by atoms with Gasteiger partial charge in [-0.2, -0.15) is 0 Å². The Bertz CT molecular complexity index is 613. The third kappa shape index (κ3) is 2.19. The van der Waals surface area contributed by atoms with Gasteiger partial charge >= 0.3 is 0 Å². The second-order valence-electron chi connectivity index (χ2n) is 4.56. The second-order valence-corrected chi connectivity index (χ2v) is 4.56. The first kappa shape index (κ1) is 12.1. The lowest BCUT2D eigenvalue weighted by Crippen LogP contribution is -2.20. The van der Waals surface area contributed by atoms with Gasteiger partial charge in [0.1, 0.15) is 23.5 Å². The van der Waals surface area contributed by atoms with E-state index >= 15 is 0 Å². The normalized spacial score (nSPS) is 21.6. The topological polar surface area (TPSA) is 29.5 Å².